The molecule has 0 aromatic heterocycles. The lowest BCUT2D eigenvalue weighted by Crippen LogP contribution is -2.44. The molecule has 2 unspecified atom stereocenters. The van der Waals surface area contributed by atoms with Gasteiger partial charge in [-0.2, -0.15) is 0 Å². The molecule has 92 valence electrons. The molecule has 1 aliphatic heterocycles. The van der Waals surface area contributed by atoms with E-state index in [4.69, 9.17) is 4.74 Å². The lowest BCUT2D eigenvalue weighted by Gasteiger charge is -2.31. The van der Waals surface area contributed by atoms with E-state index in [1.54, 1.807) is 0 Å². The first kappa shape index (κ1) is 12.5. The van der Waals surface area contributed by atoms with Crippen LogP contribution in [0.4, 0.5) is 0 Å². The molecule has 0 aliphatic carbocycles. The van der Waals surface area contributed by atoms with Gasteiger partial charge in [-0.3, -0.25) is 0 Å². The van der Waals surface area contributed by atoms with Crippen LogP contribution < -0.4 is 10.1 Å². The first-order valence-corrected chi connectivity index (χ1v) is 6.89. The molecule has 1 aromatic rings. The van der Waals surface area contributed by atoms with Crippen molar-refractivity contribution < 1.29 is 4.74 Å². The average Bonchev–Trinajstić information content (AvgIpc) is 2.35. The first-order chi connectivity index (χ1) is 8.20. The van der Waals surface area contributed by atoms with Crippen LogP contribution in [0, 0.1) is 0 Å². The highest BCUT2D eigenvalue weighted by atomic mass is 32.2. The van der Waals surface area contributed by atoms with Crippen LogP contribution in [0.3, 0.4) is 0 Å². The number of benzene rings is 1. The topological polar surface area (TPSA) is 21.3 Å². The van der Waals surface area contributed by atoms with Crippen molar-refractivity contribution in [1.29, 1.82) is 0 Å². The number of rotatable bonds is 4. The fraction of sp³-hybridized carbons (Fsp3) is 0.429. The zero-order chi connectivity index (χ0) is 12.3. The lowest BCUT2D eigenvalue weighted by atomic mass is 10.0. The standard InChI is InChI=1S/C14H19NOS/c1-10(2)8-11(15-3)13-9-17-14-7-5-4-6-12(14)16-13/h4-7,11,13,15H,1,8-9H2,2-3H3. The van der Waals surface area contributed by atoms with Crippen molar-refractivity contribution in [3.8, 4) is 5.75 Å². The monoisotopic (exact) mass is 249 g/mol. The summed E-state index contributed by atoms with van der Waals surface area (Å²) in [6.45, 7) is 6.04. The fourth-order valence-corrected chi connectivity index (χ4v) is 3.11. The van der Waals surface area contributed by atoms with Gasteiger partial charge in [0.2, 0.25) is 0 Å². The van der Waals surface area contributed by atoms with Gasteiger partial charge < -0.3 is 10.1 Å². The van der Waals surface area contributed by atoms with Gasteiger partial charge >= 0.3 is 0 Å². The van der Waals surface area contributed by atoms with Gasteiger partial charge in [0.15, 0.2) is 0 Å². The van der Waals surface area contributed by atoms with Crippen LogP contribution in [0.2, 0.25) is 0 Å². The van der Waals surface area contributed by atoms with Crippen molar-refractivity contribution in [3.63, 3.8) is 0 Å². The van der Waals surface area contributed by atoms with Crippen LogP contribution in [0.1, 0.15) is 13.3 Å². The van der Waals surface area contributed by atoms with E-state index in [0.29, 0.717) is 6.04 Å². The molecule has 2 atom stereocenters. The molecule has 0 radical (unpaired) electrons. The largest absolute Gasteiger partial charge is 0.487 e. The second-order valence-corrected chi connectivity index (χ2v) is 5.53. The van der Waals surface area contributed by atoms with Crippen molar-refractivity contribution in [2.75, 3.05) is 12.8 Å². The minimum absolute atomic E-state index is 0.219. The van der Waals surface area contributed by atoms with E-state index in [1.165, 1.54) is 10.5 Å². The molecule has 1 heterocycles. The van der Waals surface area contributed by atoms with E-state index in [9.17, 15) is 0 Å². The molecule has 0 saturated carbocycles. The Morgan fingerprint density at radius 2 is 2.35 bits per heavy atom. The van der Waals surface area contributed by atoms with Crippen molar-refractivity contribution in [2.45, 2.75) is 30.4 Å². The molecule has 1 aromatic carbocycles. The number of hydrogen-bond acceptors (Lipinski definition) is 3. The van der Waals surface area contributed by atoms with Crippen LogP contribution in [0.25, 0.3) is 0 Å². The zero-order valence-electron chi connectivity index (χ0n) is 10.4. The summed E-state index contributed by atoms with van der Waals surface area (Å²) in [7, 11) is 1.99. The van der Waals surface area contributed by atoms with Crippen molar-refractivity contribution in [2.24, 2.45) is 0 Å². The van der Waals surface area contributed by atoms with E-state index < -0.39 is 0 Å². The summed E-state index contributed by atoms with van der Waals surface area (Å²) in [6, 6.07) is 8.58. The normalized spacial score (nSPS) is 20.2. The third-order valence-electron chi connectivity index (χ3n) is 2.92. The zero-order valence-corrected chi connectivity index (χ0v) is 11.2. The Morgan fingerprint density at radius 1 is 1.59 bits per heavy atom. The van der Waals surface area contributed by atoms with Gasteiger partial charge in [0.1, 0.15) is 11.9 Å². The highest BCUT2D eigenvalue weighted by Crippen LogP contribution is 2.36. The molecule has 0 fully saturated rings. The molecule has 0 bridgehead atoms. The number of likely N-dealkylation sites (N-methyl/N-ethyl adjacent to an activating group) is 1. The van der Waals surface area contributed by atoms with Crippen molar-refractivity contribution in [3.05, 3.63) is 36.4 Å². The Balaban J connectivity index is 2.08. The van der Waals surface area contributed by atoms with E-state index in [-0.39, 0.29) is 6.10 Å². The Bertz CT molecular complexity index is 405. The molecule has 1 aliphatic rings. The quantitative estimate of drug-likeness (QED) is 0.829. The van der Waals surface area contributed by atoms with Gasteiger partial charge in [-0.05, 0) is 32.5 Å². The number of nitrogens with one attached hydrogen (secondary N) is 1. The molecule has 2 nitrogen and oxygen atoms in total. The maximum Gasteiger partial charge on any atom is 0.133 e. The van der Waals surface area contributed by atoms with Crippen molar-refractivity contribution in [1.82, 2.24) is 5.32 Å². The average molecular weight is 249 g/mol. The number of ether oxygens (including phenoxy) is 1. The first-order valence-electron chi connectivity index (χ1n) is 5.91. The maximum atomic E-state index is 6.06. The second kappa shape index (κ2) is 5.61. The van der Waals surface area contributed by atoms with Gasteiger partial charge in [-0.25, -0.2) is 0 Å². The van der Waals surface area contributed by atoms with Gasteiger partial charge in [0.25, 0.3) is 0 Å². The summed E-state index contributed by atoms with van der Waals surface area (Å²) in [5, 5.41) is 3.33. The van der Waals surface area contributed by atoms with E-state index in [1.807, 2.05) is 30.9 Å². The molecule has 0 spiro atoms. The highest BCUT2D eigenvalue weighted by molar-refractivity contribution is 7.99. The van der Waals surface area contributed by atoms with Gasteiger partial charge in [-0.1, -0.05) is 17.7 Å². The molecule has 1 N–H and O–H groups in total. The summed E-state index contributed by atoms with van der Waals surface area (Å²) in [4.78, 5) is 1.24. The number of para-hydroxylation sites is 1. The van der Waals surface area contributed by atoms with Crippen LogP contribution in [0.5, 0.6) is 5.75 Å². The summed E-state index contributed by atoms with van der Waals surface area (Å²) >= 11 is 1.87. The van der Waals surface area contributed by atoms with Crippen LogP contribution >= 0.6 is 11.8 Å². The van der Waals surface area contributed by atoms with Crippen LogP contribution in [0.15, 0.2) is 41.3 Å². The molecule has 3 heteroatoms. The predicted octanol–water partition coefficient (Wildman–Crippen LogP) is 3.09. The molecular weight excluding hydrogens is 230 g/mol. The molecular formula is C14H19NOS. The Hall–Kier alpha value is -0.930. The van der Waals surface area contributed by atoms with Crippen molar-refractivity contribution >= 4 is 11.8 Å². The second-order valence-electron chi connectivity index (χ2n) is 4.47. The number of thioether (sulfide) groups is 1. The minimum atomic E-state index is 0.219. The van der Waals surface area contributed by atoms with E-state index in [2.05, 4.69) is 31.0 Å². The van der Waals surface area contributed by atoms with E-state index >= 15 is 0 Å². The smallest absolute Gasteiger partial charge is 0.133 e. The Labute approximate surface area is 107 Å². The van der Waals surface area contributed by atoms with Gasteiger partial charge in [-0.15, -0.1) is 18.3 Å². The van der Waals surface area contributed by atoms with Gasteiger partial charge in [0.05, 0.1) is 0 Å². The lowest BCUT2D eigenvalue weighted by molar-refractivity contribution is 0.169. The number of hydrogen-bond donors (Lipinski definition) is 1. The molecule has 0 saturated heterocycles. The predicted molar refractivity (Wildman–Crippen MR) is 73.9 cm³/mol. The number of fused-ring (bicyclic) bond motifs is 1. The highest BCUT2D eigenvalue weighted by Gasteiger charge is 2.26. The fourth-order valence-electron chi connectivity index (χ4n) is 2.03. The third-order valence-corrected chi connectivity index (χ3v) is 4.06. The molecule has 2 rings (SSSR count). The summed E-state index contributed by atoms with van der Waals surface area (Å²) in [5.41, 5.74) is 1.19. The molecule has 0 amide bonds. The summed E-state index contributed by atoms with van der Waals surface area (Å²) in [5.74, 6) is 2.01. The Kier molecular flexibility index (Phi) is 4.13. The minimum Gasteiger partial charge on any atom is -0.487 e. The van der Waals surface area contributed by atoms with Crippen LogP contribution in [-0.2, 0) is 0 Å². The van der Waals surface area contributed by atoms with Gasteiger partial charge in [0, 0.05) is 16.7 Å². The third kappa shape index (κ3) is 3.05. The molecule has 17 heavy (non-hydrogen) atoms. The van der Waals surface area contributed by atoms with E-state index in [0.717, 1.165) is 17.9 Å². The summed E-state index contributed by atoms with van der Waals surface area (Å²) in [6.07, 6.45) is 1.18. The maximum absolute atomic E-state index is 6.06. The SMILES string of the molecule is C=C(C)CC(NC)C1CSc2ccccc2O1. The van der Waals surface area contributed by atoms with Crippen LogP contribution in [-0.4, -0.2) is 24.9 Å². The Morgan fingerprint density at radius 3 is 3.06 bits per heavy atom. The summed E-state index contributed by atoms with van der Waals surface area (Å²) < 4.78 is 6.06.